The van der Waals surface area contributed by atoms with Crippen molar-refractivity contribution < 1.29 is 4.79 Å². The number of benzene rings is 1. The lowest BCUT2D eigenvalue weighted by molar-refractivity contribution is 0.0914. The predicted octanol–water partition coefficient (Wildman–Crippen LogP) is 5.33. The van der Waals surface area contributed by atoms with Gasteiger partial charge in [0.2, 0.25) is 0 Å². The minimum Gasteiger partial charge on any atom is -0.348 e. The van der Waals surface area contributed by atoms with Crippen LogP contribution < -0.4 is 5.32 Å². The maximum absolute atomic E-state index is 12.7. The summed E-state index contributed by atoms with van der Waals surface area (Å²) in [6, 6.07) is 11.0. The van der Waals surface area contributed by atoms with Crippen LogP contribution in [-0.2, 0) is 5.75 Å². The zero-order chi connectivity index (χ0) is 15.8. The highest BCUT2D eigenvalue weighted by atomic mass is 32.2. The predicted molar refractivity (Wildman–Crippen MR) is 98.2 cm³/mol. The van der Waals surface area contributed by atoms with Crippen LogP contribution in [0.1, 0.15) is 47.8 Å². The van der Waals surface area contributed by atoms with Crippen molar-refractivity contribution in [3.63, 3.8) is 0 Å². The molecule has 2 aromatic rings. The molecule has 0 saturated heterocycles. The van der Waals surface area contributed by atoms with Crippen LogP contribution >= 0.6 is 23.1 Å². The fourth-order valence-electron chi connectivity index (χ4n) is 3.58. The van der Waals surface area contributed by atoms with Gasteiger partial charge in [-0.3, -0.25) is 4.79 Å². The van der Waals surface area contributed by atoms with Crippen molar-refractivity contribution in [3.05, 3.63) is 40.8 Å². The van der Waals surface area contributed by atoms with E-state index in [4.69, 9.17) is 0 Å². The Morgan fingerprint density at radius 1 is 1.22 bits per heavy atom. The summed E-state index contributed by atoms with van der Waals surface area (Å²) in [6.07, 6.45) is 4.89. The highest BCUT2D eigenvalue weighted by molar-refractivity contribution is 7.98. The minimum absolute atomic E-state index is 0.116. The molecule has 2 atom stereocenters. The van der Waals surface area contributed by atoms with E-state index >= 15 is 0 Å². The number of hydrogen-bond donors (Lipinski definition) is 1. The SMILES string of the molecule is C[C@@H]1CCCC[C@H]1NC(=O)c1cc2c(s1)-c1ccccc1SC2. The average Bonchev–Trinajstić information content (AvgIpc) is 3.02. The largest absolute Gasteiger partial charge is 0.348 e. The van der Waals surface area contributed by atoms with Gasteiger partial charge in [0.15, 0.2) is 0 Å². The number of rotatable bonds is 2. The Bertz CT molecular complexity index is 737. The van der Waals surface area contributed by atoms with Crippen LogP contribution in [0.15, 0.2) is 35.2 Å². The summed E-state index contributed by atoms with van der Waals surface area (Å²) < 4.78 is 0. The monoisotopic (exact) mass is 343 g/mol. The van der Waals surface area contributed by atoms with Crippen molar-refractivity contribution in [1.29, 1.82) is 0 Å². The van der Waals surface area contributed by atoms with Gasteiger partial charge >= 0.3 is 0 Å². The van der Waals surface area contributed by atoms with E-state index in [9.17, 15) is 4.79 Å². The first-order valence-corrected chi connectivity index (χ1v) is 10.2. The number of fused-ring (bicyclic) bond motifs is 3. The zero-order valence-corrected chi connectivity index (χ0v) is 14.9. The second-order valence-electron chi connectivity index (χ2n) is 6.59. The van der Waals surface area contributed by atoms with E-state index in [1.807, 2.05) is 11.8 Å². The van der Waals surface area contributed by atoms with Gasteiger partial charge in [0.1, 0.15) is 0 Å². The van der Waals surface area contributed by atoms with E-state index in [1.54, 1.807) is 11.3 Å². The van der Waals surface area contributed by atoms with Gasteiger partial charge < -0.3 is 5.32 Å². The highest BCUT2D eigenvalue weighted by Gasteiger charge is 2.26. The molecule has 1 aromatic heterocycles. The molecule has 1 N–H and O–H groups in total. The molecule has 4 heteroatoms. The Morgan fingerprint density at radius 2 is 2.04 bits per heavy atom. The standard InChI is InChI=1S/C19H21NOS2/c1-12-6-2-4-8-15(12)20-19(21)17-10-13-11-22-16-9-5-3-7-14(16)18(13)23-17/h3,5,7,9-10,12,15H,2,4,6,8,11H2,1H3,(H,20,21)/t12-,15-/m1/s1. The number of carbonyl (C=O) groups is 1. The van der Waals surface area contributed by atoms with Gasteiger partial charge in [0.25, 0.3) is 5.91 Å². The Morgan fingerprint density at radius 3 is 2.91 bits per heavy atom. The lowest BCUT2D eigenvalue weighted by Crippen LogP contribution is -2.40. The third-order valence-electron chi connectivity index (χ3n) is 4.98. The molecule has 2 aliphatic rings. The van der Waals surface area contributed by atoms with Crippen LogP contribution in [0.25, 0.3) is 10.4 Å². The Hall–Kier alpha value is -1.26. The maximum Gasteiger partial charge on any atom is 0.261 e. The Kier molecular flexibility index (Phi) is 4.20. The first-order valence-electron chi connectivity index (χ1n) is 8.38. The van der Waals surface area contributed by atoms with Crippen molar-refractivity contribution in [2.24, 2.45) is 5.92 Å². The Labute approximate surface area is 145 Å². The van der Waals surface area contributed by atoms with E-state index in [0.29, 0.717) is 12.0 Å². The molecule has 0 radical (unpaired) electrons. The molecule has 1 amide bonds. The molecular formula is C19H21NOS2. The third-order valence-corrected chi connectivity index (χ3v) is 7.31. The maximum atomic E-state index is 12.7. The van der Waals surface area contributed by atoms with Gasteiger partial charge in [-0.15, -0.1) is 23.1 Å². The smallest absolute Gasteiger partial charge is 0.261 e. The summed E-state index contributed by atoms with van der Waals surface area (Å²) in [5.41, 5.74) is 2.59. The van der Waals surface area contributed by atoms with Crippen molar-refractivity contribution in [2.75, 3.05) is 0 Å². The highest BCUT2D eigenvalue weighted by Crippen LogP contribution is 2.45. The van der Waals surface area contributed by atoms with E-state index < -0.39 is 0 Å². The van der Waals surface area contributed by atoms with Crippen LogP contribution in [0, 0.1) is 5.92 Å². The van der Waals surface area contributed by atoms with E-state index in [-0.39, 0.29) is 5.91 Å². The first-order chi connectivity index (χ1) is 11.2. The summed E-state index contributed by atoms with van der Waals surface area (Å²) >= 11 is 3.52. The van der Waals surface area contributed by atoms with Gasteiger partial charge in [-0.1, -0.05) is 38.0 Å². The van der Waals surface area contributed by atoms with Gasteiger partial charge in [-0.2, -0.15) is 0 Å². The number of hydrogen-bond acceptors (Lipinski definition) is 3. The molecule has 0 spiro atoms. The number of carbonyl (C=O) groups excluding carboxylic acids is 1. The minimum atomic E-state index is 0.116. The molecular weight excluding hydrogens is 322 g/mol. The van der Waals surface area contributed by atoms with E-state index in [0.717, 1.165) is 17.1 Å². The number of thioether (sulfide) groups is 1. The molecule has 1 fully saturated rings. The van der Waals surface area contributed by atoms with Crippen molar-refractivity contribution in [3.8, 4) is 10.4 Å². The van der Waals surface area contributed by atoms with Crippen LogP contribution in [0.2, 0.25) is 0 Å². The molecule has 120 valence electrons. The molecule has 1 aliphatic carbocycles. The van der Waals surface area contributed by atoms with Crippen LogP contribution in [0.5, 0.6) is 0 Å². The molecule has 2 heterocycles. The average molecular weight is 344 g/mol. The fourth-order valence-corrected chi connectivity index (χ4v) is 5.90. The van der Waals surface area contributed by atoms with Crippen LogP contribution in [0.3, 0.4) is 0 Å². The molecule has 23 heavy (non-hydrogen) atoms. The van der Waals surface area contributed by atoms with E-state index in [2.05, 4.69) is 42.6 Å². The number of amides is 1. The zero-order valence-electron chi connectivity index (χ0n) is 13.3. The number of nitrogens with one attached hydrogen (secondary N) is 1. The summed E-state index contributed by atoms with van der Waals surface area (Å²) in [5, 5.41) is 3.28. The van der Waals surface area contributed by atoms with E-state index in [1.165, 1.54) is 40.2 Å². The van der Waals surface area contributed by atoms with Gasteiger partial charge in [-0.05, 0) is 36.5 Å². The second kappa shape index (κ2) is 6.33. The third kappa shape index (κ3) is 2.94. The number of thiophene rings is 1. The van der Waals surface area contributed by atoms with Gasteiger partial charge in [-0.25, -0.2) is 0 Å². The first kappa shape index (κ1) is 15.3. The topological polar surface area (TPSA) is 29.1 Å². The summed E-state index contributed by atoms with van der Waals surface area (Å²) in [7, 11) is 0. The Balaban J connectivity index is 1.57. The molecule has 2 nitrogen and oxygen atoms in total. The summed E-state index contributed by atoms with van der Waals surface area (Å²) in [6.45, 7) is 2.26. The summed E-state index contributed by atoms with van der Waals surface area (Å²) in [5.74, 6) is 1.68. The quantitative estimate of drug-likeness (QED) is 0.798. The van der Waals surface area contributed by atoms with Crippen molar-refractivity contribution in [2.45, 2.75) is 49.3 Å². The normalized spacial score (nSPS) is 23.0. The van der Waals surface area contributed by atoms with Gasteiger partial charge in [0, 0.05) is 27.1 Å². The molecule has 0 unspecified atom stereocenters. The summed E-state index contributed by atoms with van der Waals surface area (Å²) in [4.78, 5) is 16.2. The molecule has 1 saturated carbocycles. The molecule has 0 bridgehead atoms. The molecule has 4 rings (SSSR count). The van der Waals surface area contributed by atoms with Gasteiger partial charge in [0.05, 0.1) is 4.88 Å². The second-order valence-corrected chi connectivity index (χ2v) is 8.66. The van der Waals surface area contributed by atoms with Crippen molar-refractivity contribution >= 4 is 29.0 Å². The lowest BCUT2D eigenvalue weighted by Gasteiger charge is -2.29. The van der Waals surface area contributed by atoms with Crippen molar-refractivity contribution in [1.82, 2.24) is 5.32 Å². The fraction of sp³-hybridized carbons (Fsp3) is 0.421. The molecule has 1 aromatic carbocycles. The van der Waals surface area contributed by atoms with Crippen LogP contribution in [0.4, 0.5) is 0 Å². The lowest BCUT2D eigenvalue weighted by atomic mass is 9.86. The molecule has 1 aliphatic heterocycles. The van der Waals surface area contributed by atoms with Crippen LogP contribution in [-0.4, -0.2) is 11.9 Å².